The Labute approximate surface area is 68.2 Å². The van der Waals surface area contributed by atoms with Crippen LogP contribution in [0.3, 0.4) is 0 Å². The Hall–Kier alpha value is -1.05. The second kappa shape index (κ2) is 8.95. The Morgan fingerprint density at radius 3 is 1.91 bits per heavy atom. The fourth-order valence-corrected chi connectivity index (χ4v) is 0.123. The van der Waals surface area contributed by atoms with Crippen molar-refractivity contribution in [1.29, 1.82) is 0 Å². The zero-order valence-electron chi connectivity index (χ0n) is 7.42. The summed E-state index contributed by atoms with van der Waals surface area (Å²) in [5, 5.41) is 7.84. The van der Waals surface area contributed by atoms with Crippen LogP contribution in [0.5, 0.6) is 0 Å². The van der Waals surface area contributed by atoms with Crippen molar-refractivity contribution in [2.45, 2.75) is 27.2 Å². The average molecular weight is 156 g/mol. The minimum atomic E-state index is -0.829. The second-order valence-corrected chi connectivity index (χ2v) is 2.25. The summed E-state index contributed by atoms with van der Waals surface area (Å²) in [5.41, 5.74) is 1.38. The maximum absolute atomic E-state index is 9.53. The molecule has 0 bridgehead atoms. The first-order valence-corrected chi connectivity index (χ1v) is 3.46. The van der Waals surface area contributed by atoms with Crippen LogP contribution in [0.15, 0.2) is 24.3 Å². The zero-order valence-corrected chi connectivity index (χ0v) is 7.42. The van der Waals surface area contributed by atoms with Crippen LogP contribution in [0.25, 0.3) is 0 Å². The minimum Gasteiger partial charge on any atom is -0.481 e. The lowest BCUT2D eigenvalue weighted by molar-refractivity contribution is -0.135. The van der Waals surface area contributed by atoms with Gasteiger partial charge in [-0.25, -0.2) is 0 Å². The molecule has 0 saturated carbocycles. The van der Waals surface area contributed by atoms with Crippen LogP contribution in [0.2, 0.25) is 0 Å². The summed E-state index contributed by atoms with van der Waals surface area (Å²) in [5.74, 6) is -0.829. The maximum atomic E-state index is 9.53. The highest BCUT2D eigenvalue weighted by Crippen LogP contribution is 1.82. The molecule has 2 heteroatoms. The summed E-state index contributed by atoms with van der Waals surface area (Å²) in [6, 6.07) is 0. The normalized spacial score (nSPS) is 7.18. The van der Waals surface area contributed by atoms with E-state index in [0.29, 0.717) is 0 Å². The monoisotopic (exact) mass is 156 g/mol. The van der Waals surface area contributed by atoms with Gasteiger partial charge in [0.2, 0.25) is 0 Å². The first kappa shape index (κ1) is 12.6. The van der Waals surface area contributed by atoms with Gasteiger partial charge in [-0.05, 0) is 20.8 Å². The molecule has 0 aliphatic rings. The summed E-state index contributed by atoms with van der Waals surface area (Å²) >= 11 is 0. The van der Waals surface area contributed by atoms with Gasteiger partial charge in [-0.1, -0.05) is 17.7 Å². The fraction of sp³-hybridized carbons (Fsp3) is 0.444. The van der Waals surface area contributed by atoms with E-state index < -0.39 is 5.97 Å². The molecule has 0 rings (SSSR count). The summed E-state index contributed by atoms with van der Waals surface area (Å²) in [7, 11) is 0. The van der Waals surface area contributed by atoms with Crippen molar-refractivity contribution < 1.29 is 9.90 Å². The average Bonchev–Trinajstić information content (AvgIpc) is 1.89. The Morgan fingerprint density at radius 1 is 1.55 bits per heavy atom. The molecule has 11 heavy (non-hydrogen) atoms. The van der Waals surface area contributed by atoms with Crippen LogP contribution >= 0.6 is 0 Å². The third-order valence-electron chi connectivity index (χ3n) is 0.896. The van der Waals surface area contributed by atoms with Crippen LogP contribution in [0.1, 0.15) is 27.2 Å². The summed E-state index contributed by atoms with van der Waals surface area (Å²) in [4.78, 5) is 9.53. The highest BCUT2D eigenvalue weighted by molar-refractivity contribution is 5.68. The number of carboxylic acid groups (broad SMARTS) is 1. The van der Waals surface area contributed by atoms with E-state index in [2.05, 4.69) is 26.5 Å². The van der Waals surface area contributed by atoms with E-state index in [9.17, 15) is 4.79 Å². The zero-order chi connectivity index (χ0) is 9.28. The van der Waals surface area contributed by atoms with Crippen LogP contribution in [0.4, 0.5) is 0 Å². The third kappa shape index (κ3) is 27.7. The van der Waals surface area contributed by atoms with Gasteiger partial charge in [0.25, 0.3) is 0 Å². The number of hydrogen-bond donors (Lipinski definition) is 1. The van der Waals surface area contributed by atoms with Gasteiger partial charge in [-0.15, -0.1) is 6.58 Å². The highest BCUT2D eigenvalue weighted by atomic mass is 16.4. The quantitative estimate of drug-likeness (QED) is 0.624. The summed E-state index contributed by atoms with van der Waals surface area (Å²) in [6.45, 7) is 9.42. The lowest BCUT2D eigenvalue weighted by Gasteiger charge is -1.75. The van der Waals surface area contributed by atoms with E-state index in [1.807, 2.05) is 6.92 Å². The first-order chi connectivity index (χ1) is 5.04. The molecule has 0 spiro atoms. The Kier molecular flexibility index (Phi) is 10.3. The molecule has 1 N–H and O–H groups in total. The minimum absolute atomic E-state index is 0.0556. The molecule has 0 fully saturated rings. The van der Waals surface area contributed by atoms with Gasteiger partial charge in [0.1, 0.15) is 0 Å². The van der Waals surface area contributed by atoms with Gasteiger partial charge in [-0.3, -0.25) is 4.79 Å². The van der Waals surface area contributed by atoms with E-state index in [1.165, 1.54) is 11.6 Å². The molecule has 0 radical (unpaired) electrons. The molecule has 0 unspecified atom stereocenters. The van der Waals surface area contributed by atoms with Gasteiger partial charge in [0, 0.05) is 0 Å². The van der Waals surface area contributed by atoms with Gasteiger partial charge in [0.05, 0.1) is 6.42 Å². The fourth-order valence-electron chi connectivity index (χ4n) is 0.123. The van der Waals surface area contributed by atoms with Gasteiger partial charge in [-0.2, -0.15) is 0 Å². The van der Waals surface area contributed by atoms with Gasteiger partial charge < -0.3 is 5.11 Å². The lowest BCUT2D eigenvalue weighted by atomic mass is 10.3. The smallest absolute Gasteiger partial charge is 0.307 e. The second-order valence-electron chi connectivity index (χ2n) is 2.25. The number of allylic oxidation sites excluding steroid dienone is 2. The predicted molar refractivity (Wildman–Crippen MR) is 47.6 cm³/mol. The lowest BCUT2D eigenvalue weighted by Crippen LogP contribution is -1.88. The predicted octanol–water partition coefficient (Wildman–Crippen LogP) is 2.62. The van der Waals surface area contributed by atoms with Crippen molar-refractivity contribution in [3.8, 4) is 0 Å². The van der Waals surface area contributed by atoms with Gasteiger partial charge >= 0.3 is 5.97 Å². The molecule has 0 heterocycles. The molecular formula is C9H16O2. The summed E-state index contributed by atoms with van der Waals surface area (Å²) < 4.78 is 0. The molecule has 0 atom stereocenters. The maximum Gasteiger partial charge on any atom is 0.307 e. The van der Waals surface area contributed by atoms with Crippen molar-refractivity contribution in [2.75, 3.05) is 0 Å². The standard InChI is InChI=1S/C5H10.C4H6O2/c1-4-5(2)3;1-2-3-4(5)6/h4H,1-3H3;2H,1,3H2,(H,5,6). The topological polar surface area (TPSA) is 37.3 Å². The first-order valence-electron chi connectivity index (χ1n) is 3.46. The van der Waals surface area contributed by atoms with E-state index in [-0.39, 0.29) is 6.42 Å². The third-order valence-corrected chi connectivity index (χ3v) is 0.896. The molecule has 0 aliphatic carbocycles. The van der Waals surface area contributed by atoms with E-state index in [4.69, 9.17) is 5.11 Å². The molecule has 0 aromatic heterocycles. The number of aliphatic carboxylic acids is 1. The Balaban J connectivity index is 0. The molecular weight excluding hydrogens is 140 g/mol. The molecule has 64 valence electrons. The molecule has 0 aliphatic heterocycles. The van der Waals surface area contributed by atoms with Crippen LogP contribution in [-0.2, 0) is 4.79 Å². The highest BCUT2D eigenvalue weighted by Gasteiger charge is 1.84. The Morgan fingerprint density at radius 2 is 1.91 bits per heavy atom. The van der Waals surface area contributed by atoms with Crippen LogP contribution in [0, 0.1) is 0 Å². The molecule has 0 aromatic rings. The van der Waals surface area contributed by atoms with Crippen LogP contribution in [-0.4, -0.2) is 11.1 Å². The number of hydrogen-bond acceptors (Lipinski definition) is 1. The SMILES string of the molecule is C=CCC(=O)O.CC=C(C)C. The van der Waals surface area contributed by atoms with E-state index in [0.717, 1.165) is 0 Å². The van der Waals surface area contributed by atoms with E-state index in [1.54, 1.807) is 0 Å². The van der Waals surface area contributed by atoms with Crippen molar-refractivity contribution in [3.63, 3.8) is 0 Å². The molecule has 0 saturated heterocycles. The molecule has 0 aromatic carbocycles. The number of carbonyl (C=O) groups is 1. The van der Waals surface area contributed by atoms with Crippen molar-refractivity contribution >= 4 is 5.97 Å². The largest absolute Gasteiger partial charge is 0.481 e. The van der Waals surface area contributed by atoms with E-state index >= 15 is 0 Å². The Bertz CT molecular complexity index is 142. The molecule has 0 amide bonds. The van der Waals surface area contributed by atoms with Crippen LogP contribution < -0.4 is 0 Å². The molecule has 2 nitrogen and oxygen atoms in total. The van der Waals surface area contributed by atoms with Crippen molar-refractivity contribution in [1.82, 2.24) is 0 Å². The van der Waals surface area contributed by atoms with Crippen molar-refractivity contribution in [2.24, 2.45) is 0 Å². The number of carboxylic acids is 1. The summed E-state index contributed by atoms with van der Waals surface area (Å²) in [6.07, 6.45) is 3.49. The number of rotatable bonds is 2. The van der Waals surface area contributed by atoms with Gasteiger partial charge in [0.15, 0.2) is 0 Å². The van der Waals surface area contributed by atoms with Crippen molar-refractivity contribution in [3.05, 3.63) is 24.3 Å².